The molecule has 0 spiro atoms. The zero-order chi connectivity index (χ0) is 15.3. The summed E-state index contributed by atoms with van der Waals surface area (Å²) >= 11 is 0. The number of carboxylic acid groups (broad SMARTS) is 1. The van der Waals surface area contributed by atoms with Crippen LogP contribution in [0.3, 0.4) is 0 Å². The number of aliphatic carboxylic acids is 1. The fourth-order valence-electron chi connectivity index (χ4n) is 2.20. The van der Waals surface area contributed by atoms with Crippen LogP contribution in [0.2, 0.25) is 0 Å². The van der Waals surface area contributed by atoms with Gasteiger partial charge in [-0.25, -0.2) is 4.79 Å². The number of rotatable bonds is 1. The molecule has 0 unspecified atom stereocenters. The lowest BCUT2D eigenvalue weighted by atomic mass is 9.97. The van der Waals surface area contributed by atoms with Crippen molar-refractivity contribution in [3.63, 3.8) is 0 Å². The minimum atomic E-state index is -1.81. The van der Waals surface area contributed by atoms with Gasteiger partial charge in [0.25, 0.3) is 0 Å². The summed E-state index contributed by atoms with van der Waals surface area (Å²) in [6.07, 6.45) is -2.06. The van der Waals surface area contributed by atoms with Crippen LogP contribution >= 0.6 is 0 Å². The lowest BCUT2D eigenvalue weighted by molar-refractivity contribution is -0.279. The first-order valence-electron chi connectivity index (χ1n) is 6.70. The molecule has 8 nitrogen and oxygen atoms in total. The highest BCUT2D eigenvalue weighted by Crippen LogP contribution is 2.19. The molecule has 2 fully saturated rings. The van der Waals surface area contributed by atoms with Gasteiger partial charge in [-0.1, -0.05) is 19.3 Å². The van der Waals surface area contributed by atoms with Crippen LogP contribution in [0, 0.1) is 0 Å². The molecule has 1 saturated carbocycles. The number of nitrogens with two attached hydrogens (primary N) is 1. The van der Waals surface area contributed by atoms with Crippen LogP contribution in [0.25, 0.3) is 0 Å². The zero-order valence-corrected chi connectivity index (χ0v) is 11.1. The summed E-state index contributed by atoms with van der Waals surface area (Å²) in [4.78, 5) is 10.4. The van der Waals surface area contributed by atoms with Crippen molar-refractivity contribution < 1.29 is 35.1 Å². The van der Waals surface area contributed by atoms with Gasteiger partial charge in [0.05, 0.1) is 0 Å². The molecule has 1 aliphatic heterocycles. The number of hydrogen-bond acceptors (Lipinski definition) is 7. The molecule has 2 aliphatic rings. The molecule has 0 aromatic rings. The molecule has 0 amide bonds. The number of aliphatic hydroxyl groups is 4. The van der Waals surface area contributed by atoms with Gasteiger partial charge in [-0.3, -0.25) is 0 Å². The third-order valence-electron chi connectivity index (χ3n) is 3.48. The smallest absolute Gasteiger partial charge is 0.335 e. The van der Waals surface area contributed by atoms with Gasteiger partial charge in [0.15, 0.2) is 12.4 Å². The molecule has 1 aliphatic carbocycles. The zero-order valence-electron chi connectivity index (χ0n) is 11.1. The van der Waals surface area contributed by atoms with E-state index in [9.17, 15) is 4.79 Å². The van der Waals surface area contributed by atoms with Gasteiger partial charge in [-0.2, -0.15) is 0 Å². The van der Waals surface area contributed by atoms with Crippen LogP contribution in [-0.4, -0.2) is 68.2 Å². The molecule has 7 N–H and O–H groups in total. The Hall–Kier alpha value is -0.770. The highest BCUT2D eigenvalue weighted by Gasteiger charge is 2.46. The monoisotopic (exact) mass is 293 g/mol. The van der Waals surface area contributed by atoms with Crippen LogP contribution in [0.15, 0.2) is 0 Å². The third kappa shape index (κ3) is 4.65. The first kappa shape index (κ1) is 17.3. The van der Waals surface area contributed by atoms with Gasteiger partial charge in [0.2, 0.25) is 0 Å². The third-order valence-corrected chi connectivity index (χ3v) is 3.48. The number of hydrogen-bond donors (Lipinski definition) is 6. The van der Waals surface area contributed by atoms with Crippen molar-refractivity contribution in [1.82, 2.24) is 0 Å². The molecule has 20 heavy (non-hydrogen) atoms. The van der Waals surface area contributed by atoms with Crippen LogP contribution in [-0.2, 0) is 9.53 Å². The number of aliphatic hydroxyl groups excluding tert-OH is 4. The predicted molar refractivity (Wildman–Crippen MR) is 67.6 cm³/mol. The van der Waals surface area contributed by atoms with Crippen molar-refractivity contribution >= 4 is 5.97 Å². The standard InChI is InChI=1S/C6H13N.C6H10O7/c7-6-4-2-1-3-5-6;7-1-2(8)4(5(10)11)13-6(12)3(1)9/h6H,1-5,7H2;1-4,6-9,12H,(H,10,11)/t;1-,2-,3+,4-,6+/m.0/s1. The molecule has 2 rings (SSSR count). The molecular weight excluding hydrogens is 270 g/mol. The molecule has 1 saturated heterocycles. The first-order chi connectivity index (χ1) is 9.34. The molecule has 0 bridgehead atoms. The van der Waals surface area contributed by atoms with Crippen LogP contribution in [0.5, 0.6) is 0 Å². The number of carbonyl (C=O) groups is 1. The Kier molecular flexibility index (Phi) is 6.80. The van der Waals surface area contributed by atoms with E-state index in [-0.39, 0.29) is 0 Å². The molecule has 1 heterocycles. The average molecular weight is 293 g/mol. The Morgan fingerprint density at radius 2 is 1.50 bits per heavy atom. The highest BCUT2D eigenvalue weighted by atomic mass is 16.6. The molecule has 0 aromatic carbocycles. The van der Waals surface area contributed by atoms with Gasteiger partial charge in [-0.15, -0.1) is 0 Å². The fraction of sp³-hybridized carbons (Fsp3) is 0.917. The van der Waals surface area contributed by atoms with Crippen molar-refractivity contribution in [1.29, 1.82) is 0 Å². The summed E-state index contributed by atoms with van der Waals surface area (Å²) in [6.45, 7) is 0. The van der Waals surface area contributed by atoms with Crippen molar-refractivity contribution in [2.24, 2.45) is 5.73 Å². The maximum Gasteiger partial charge on any atom is 0.335 e. The number of carboxylic acids is 1. The predicted octanol–water partition coefficient (Wildman–Crippen LogP) is -1.85. The number of ether oxygens (including phenoxy) is 1. The van der Waals surface area contributed by atoms with E-state index in [1.54, 1.807) is 0 Å². The average Bonchev–Trinajstić information content (AvgIpc) is 2.42. The van der Waals surface area contributed by atoms with Crippen molar-refractivity contribution in [2.75, 3.05) is 0 Å². The van der Waals surface area contributed by atoms with Crippen LogP contribution in [0.1, 0.15) is 32.1 Å². The molecule has 8 heteroatoms. The lowest BCUT2D eigenvalue weighted by Gasteiger charge is -2.36. The van der Waals surface area contributed by atoms with E-state index in [4.69, 9.17) is 31.3 Å². The maximum absolute atomic E-state index is 10.4. The van der Waals surface area contributed by atoms with E-state index in [2.05, 4.69) is 4.74 Å². The Balaban J connectivity index is 0.000000240. The minimum absolute atomic E-state index is 0.536. The Morgan fingerprint density at radius 3 is 1.90 bits per heavy atom. The van der Waals surface area contributed by atoms with Gasteiger partial charge in [-0.05, 0) is 12.8 Å². The van der Waals surface area contributed by atoms with Crippen molar-refractivity contribution in [2.45, 2.75) is 68.9 Å². The van der Waals surface area contributed by atoms with E-state index in [0.717, 1.165) is 0 Å². The second-order valence-corrected chi connectivity index (χ2v) is 5.16. The van der Waals surface area contributed by atoms with Gasteiger partial charge in [0, 0.05) is 6.04 Å². The van der Waals surface area contributed by atoms with E-state index in [1.165, 1.54) is 32.1 Å². The van der Waals surface area contributed by atoms with Gasteiger partial charge < -0.3 is 36.0 Å². The second-order valence-electron chi connectivity index (χ2n) is 5.16. The summed E-state index contributed by atoms with van der Waals surface area (Å²) in [5, 5.41) is 44.4. The molecule has 0 aromatic heterocycles. The topological polar surface area (TPSA) is 153 Å². The SMILES string of the molecule is NC1CCCCC1.O=C(O)[C@H]1O[C@@H](O)[C@H](O)[C@@H](O)[C@@H]1O. The van der Waals surface area contributed by atoms with E-state index >= 15 is 0 Å². The van der Waals surface area contributed by atoms with Crippen molar-refractivity contribution in [3.05, 3.63) is 0 Å². The van der Waals surface area contributed by atoms with Gasteiger partial charge >= 0.3 is 5.97 Å². The van der Waals surface area contributed by atoms with E-state index in [0.29, 0.717) is 6.04 Å². The Labute approximate surface area is 116 Å². The van der Waals surface area contributed by atoms with E-state index < -0.39 is 36.7 Å². The quantitative estimate of drug-likeness (QED) is 0.329. The highest BCUT2D eigenvalue weighted by molar-refractivity contribution is 5.73. The normalized spacial score (nSPS) is 38.8. The summed E-state index contributed by atoms with van der Waals surface area (Å²) in [5.41, 5.74) is 5.63. The largest absolute Gasteiger partial charge is 0.479 e. The summed E-state index contributed by atoms with van der Waals surface area (Å²) < 4.78 is 4.34. The van der Waals surface area contributed by atoms with E-state index in [1.807, 2.05) is 0 Å². The van der Waals surface area contributed by atoms with Gasteiger partial charge in [0.1, 0.15) is 18.3 Å². The van der Waals surface area contributed by atoms with Crippen LogP contribution < -0.4 is 5.73 Å². The summed E-state index contributed by atoms with van der Waals surface area (Å²) in [5.74, 6) is -1.52. The lowest BCUT2D eigenvalue weighted by Crippen LogP contribution is -2.59. The Bertz CT molecular complexity index is 308. The minimum Gasteiger partial charge on any atom is -0.479 e. The molecule has 118 valence electrons. The summed E-state index contributed by atoms with van der Waals surface area (Å²) in [7, 11) is 0. The Morgan fingerprint density at radius 1 is 0.950 bits per heavy atom. The summed E-state index contributed by atoms with van der Waals surface area (Å²) in [6, 6.07) is 0.536. The molecule has 0 radical (unpaired) electrons. The van der Waals surface area contributed by atoms with Crippen LogP contribution in [0.4, 0.5) is 0 Å². The molecular formula is C12H23NO7. The second kappa shape index (κ2) is 7.87. The first-order valence-corrected chi connectivity index (χ1v) is 6.70. The maximum atomic E-state index is 10.4. The van der Waals surface area contributed by atoms with Crippen molar-refractivity contribution in [3.8, 4) is 0 Å². The molecule has 5 atom stereocenters. The fourth-order valence-corrected chi connectivity index (χ4v) is 2.20.